The van der Waals surface area contributed by atoms with Crippen molar-refractivity contribution in [3.63, 3.8) is 0 Å². The zero-order valence-corrected chi connectivity index (χ0v) is 14.9. The summed E-state index contributed by atoms with van der Waals surface area (Å²) in [5, 5.41) is 5.44. The molecule has 0 N–H and O–H groups in total. The molecule has 1 aliphatic rings. The molecule has 3 heterocycles. The zero-order valence-electron chi connectivity index (χ0n) is 14.9. The number of rotatable bonds is 2. The Kier molecular flexibility index (Phi) is 3.79. The molecule has 0 unspecified atom stereocenters. The molecule has 0 fully saturated rings. The molecular formula is C20H22N4O. The molecule has 1 aromatic carbocycles. The molecule has 25 heavy (non-hydrogen) atoms. The van der Waals surface area contributed by atoms with Gasteiger partial charge in [-0.05, 0) is 44.4 Å². The van der Waals surface area contributed by atoms with Crippen LogP contribution >= 0.6 is 0 Å². The first-order chi connectivity index (χ1) is 12.1. The molecule has 0 spiro atoms. The van der Waals surface area contributed by atoms with Gasteiger partial charge < -0.3 is 4.90 Å². The van der Waals surface area contributed by atoms with Crippen LogP contribution in [0.5, 0.6) is 0 Å². The van der Waals surface area contributed by atoms with E-state index in [2.05, 4.69) is 28.3 Å². The van der Waals surface area contributed by atoms with E-state index in [0.29, 0.717) is 6.54 Å². The van der Waals surface area contributed by atoms with Gasteiger partial charge in [-0.3, -0.25) is 4.79 Å². The largest absolute Gasteiger partial charge is 0.334 e. The normalized spacial score (nSPS) is 14.0. The van der Waals surface area contributed by atoms with Crippen molar-refractivity contribution in [3.05, 3.63) is 58.4 Å². The topological polar surface area (TPSA) is 51.0 Å². The average molecular weight is 334 g/mol. The number of hydrogen-bond acceptors (Lipinski definition) is 3. The monoisotopic (exact) mass is 334 g/mol. The highest BCUT2D eigenvalue weighted by atomic mass is 16.2. The predicted octanol–water partition coefficient (Wildman–Crippen LogP) is 3.27. The fourth-order valence-electron chi connectivity index (χ4n) is 3.71. The van der Waals surface area contributed by atoms with Crippen molar-refractivity contribution < 1.29 is 4.79 Å². The quantitative estimate of drug-likeness (QED) is 0.723. The molecule has 5 nitrogen and oxygen atoms in total. The van der Waals surface area contributed by atoms with E-state index in [9.17, 15) is 4.79 Å². The number of carbonyl (C=O) groups is 1. The lowest BCUT2D eigenvalue weighted by Gasteiger charge is -2.29. The number of aryl methyl sites for hydroxylation is 3. The average Bonchev–Trinajstić information content (AvgIpc) is 2.95. The first kappa shape index (κ1) is 15.8. The second-order valence-corrected chi connectivity index (χ2v) is 6.66. The van der Waals surface area contributed by atoms with Gasteiger partial charge in [0.05, 0.1) is 16.6 Å². The van der Waals surface area contributed by atoms with Crippen molar-refractivity contribution in [2.24, 2.45) is 0 Å². The first-order valence-electron chi connectivity index (χ1n) is 8.79. The summed E-state index contributed by atoms with van der Waals surface area (Å²) in [5.74, 6) is 0.0729. The molecule has 0 radical (unpaired) electrons. The van der Waals surface area contributed by atoms with E-state index in [4.69, 9.17) is 0 Å². The number of aromatic nitrogens is 3. The van der Waals surface area contributed by atoms with Crippen molar-refractivity contribution >= 4 is 16.9 Å². The number of fused-ring (bicyclic) bond motifs is 2. The Morgan fingerprint density at radius 3 is 2.72 bits per heavy atom. The highest BCUT2D eigenvalue weighted by molar-refractivity contribution is 6.06. The minimum Gasteiger partial charge on any atom is -0.334 e. The van der Waals surface area contributed by atoms with Crippen LogP contribution in [-0.2, 0) is 19.5 Å². The Hall–Kier alpha value is -2.69. The lowest BCUT2D eigenvalue weighted by molar-refractivity contribution is 0.0736. The van der Waals surface area contributed by atoms with Crippen LogP contribution in [0.1, 0.15) is 39.8 Å². The van der Waals surface area contributed by atoms with Crippen LogP contribution in [0.25, 0.3) is 11.0 Å². The minimum absolute atomic E-state index is 0.0729. The van der Waals surface area contributed by atoms with Crippen molar-refractivity contribution in [1.29, 1.82) is 0 Å². The third-order valence-corrected chi connectivity index (χ3v) is 4.95. The maximum atomic E-state index is 13.3. The summed E-state index contributed by atoms with van der Waals surface area (Å²) in [6.07, 6.45) is 0.905. The Bertz CT molecular complexity index is 973. The summed E-state index contributed by atoms with van der Waals surface area (Å²) >= 11 is 0. The molecular weight excluding hydrogens is 312 g/mol. The van der Waals surface area contributed by atoms with Gasteiger partial charge in [0, 0.05) is 25.3 Å². The maximum absolute atomic E-state index is 13.3. The standard InChI is InChI=1S/C20H22N4O/c1-4-24-19-18(14(3)22-24)17(11-13(2)21-19)20(25)23-10-9-15-7-5-6-8-16(15)12-23/h5-8,11H,4,9-10,12H2,1-3H3. The van der Waals surface area contributed by atoms with E-state index in [0.717, 1.165) is 47.5 Å². The molecule has 5 heteroatoms. The van der Waals surface area contributed by atoms with Crippen LogP contribution in [0.4, 0.5) is 0 Å². The van der Waals surface area contributed by atoms with Gasteiger partial charge >= 0.3 is 0 Å². The number of hydrogen-bond donors (Lipinski definition) is 0. The summed E-state index contributed by atoms with van der Waals surface area (Å²) in [5.41, 5.74) is 5.83. The minimum atomic E-state index is 0.0729. The number of carbonyl (C=O) groups excluding carboxylic acids is 1. The number of nitrogens with zero attached hydrogens (tertiary/aromatic N) is 4. The molecule has 2 aromatic heterocycles. The van der Waals surface area contributed by atoms with Gasteiger partial charge in [0.2, 0.25) is 0 Å². The van der Waals surface area contributed by atoms with Gasteiger partial charge in [-0.25, -0.2) is 9.67 Å². The molecule has 0 aliphatic carbocycles. The van der Waals surface area contributed by atoms with Crippen molar-refractivity contribution in [1.82, 2.24) is 19.7 Å². The van der Waals surface area contributed by atoms with Crippen LogP contribution in [-0.4, -0.2) is 32.1 Å². The highest BCUT2D eigenvalue weighted by Crippen LogP contribution is 2.26. The van der Waals surface area contributed by atoms with E-state index >= 15 is 0 Å². The molecule has 128 valence electrons. The lowest BCUT2D eigenvalue weighted by atomic mass is 9.99. The smallest absolute Gasteiger partial charge is 0.255 e. The van der Waals surface area contributed by atoms with E-state index in [1.54, 1.807) is 0 Å². The summed E-state index contributed by atoms with van der Waals surface area (Å²) in [6.45, 7) is 8.08. The molecule has 0 saturated carbocycles. The van der Waals surface area contributed by atoms with Crippen LogP contribution in [0.15, 0.2) is 30.3 Å². The van der Waals surface area contributed by atoms with Crippen LogP contribution in [0.3, 0.4) is 0 Å². The Morgan fingerprint density at radius 1 is 1.20 bits per heavy atom. The van der Waals surface area contributed by atoms with E-state index in [1.165, 1.54) is 11.1 Å². The second-order valence-electron chi connectivity index (χ2n) is 6.66. The Balaban J connectivity index is 1.77. The van der Waals surface area contributed by atoms with E-state index in [1.807, 2.05) is 42.5 Å². The van der Waals surface area contributed by atoms with E-state index < -0.39 is 0 Å². The van der Waals surface area contributed by atoms with Gasteiger partial charge in [-0.2, -0.15) is 5.10 Å². The maximum Gasteiger partial charge on any atom is 0.255 e. The summed E-state index contributed by atoms with van der Waals surface area (Å²) in [7, 11) is 0. The van der Waals surface area contributed by atoms with Crippen molar-refractivity contribution in [2.45, 2.75) is 40.3 Å². The molecule has 4 rings (SSSR count). The Morgan fingerprint density at radius 2 is 1.96 bits per heavy atom. The van der Waals surface area contributed by atoms with Gasteiger partial charge in [0.15, 0.2) is 5.65 Å². The second kappa shape index (κ2) is 5.99. The SMILES string of the molecule is CCn1nc(C)c2c(C(=O)N3CCc4ccccc4C3)cc(C)nc21. The summed E-state index contributed by atoms with van der Waals surface area (Å²) in [6, 6.07) is 10.3. The number of benzene rings is 1. The van der Waals surface area contributed by atoms with Gasteiger partial charge in [0.25, 0.3) is 5.91 Å². The molecule has 0 atom stereocenters. The van der Waals surface area contributed by atoms with Gasteiger partial charge in [0.1, 0.15) is 0 Å². The fraction of sp³-hybridized carbons (Fsp3) is 0.350. The van der Waals surface area contributed by atoms with Crippen LogP contribution < -0.4 is 0 Å². The number of amides is 1. The Labute approximate surface area is 147 Å². The summed E-state index contributed by atoms with van der Waals surface area (Å²) < 4.78 is 1.87. The molecule has 0 bridgehead atoms. The fourth-order valence-corrected chi connectivity index (χ4v) is 3.71. The summed E-state index contributed by atoms with van der Waals surface area (Å²) in [4.78, 5) is 19.9. The number of pyridine rings is 1. The molecule has 1 amide bonds. The van der Waals surface area contributed by atoms with Crippen molar-refractivity contribution in [2.75, 3.05) is 6.54 Å². The molecule has 0 saturated heterocycles. The molecule has 1 aliphatic heterocycles. The predicted molar refractivity (Wildman–Crippen MR) is 97.6 cm³/mol. The van der Waals surface area contributed by atoms with Gasteiger partial charge in [-0.15, -0.1) is 0 Å². The third kappa shape index (κ3) is 2.60. The molecule has 3 aromatic rings. The van der Waals surface area contributed by atoms with Crippen LogP contribution in [0.2, 0.25) is 0 Å². The first-order valence-corrected chi connectivity index (χ1v) is 8.79. The third-order valence-electron chi connectivity index (χ3n) is 4.95. The van der Waals surface area contributed by atoms with Gasteiger partial charge in [-0.1, -0.05) is 24.3 Å². The zero-order chi connectivity index (χ0) is 17.6. The van der Waals surface area contributed by atoms with E-state index in [-0.39, 0.29) is 5.91 Å². The highest BCUT2D eigenvalue weighted by Gasteiger charge is 2.25. The lowest BCUT2D eigenvalue weighted by Crippen LogP contribution is -2.36. The van der Waals surface area contributed by atoms with Crippen LogP contribution in [0, 0.1) is 13.8 Å². The van der Waals surface area contributed by atoms with Crippen molar-refractivity contribution in [3.8, 4) is 0 Å².